The Morgan fingerprint density at radius 3 is 2.81 bits per heavy atom. The highest BCUT2D eigenvalue weighted by molar-refractivity contribution is 5.72. The van der Waals surface area contributed by atoms with Crippen LogP contribution in [0.4, 0.5) is 5.82 Å². The van der Waals surface area contributed by atoms with Gasteiger partial charge in [0.05, 0.1) is 5.92 Å². The van der Waals surface area contributed by atoms with Crippen molar-refractivity contribution in [1.29, 1.82) is 0 Å². The zero-order valence-corrected chi connectivity index (χ0v) is 11.6. The quantitative estimate of drug-likeness (QED) is 0.896. The number of carboxylic acid groups (broad SMARTS) is 1. The Kier molecular flexibility index (Phi) is 3.51. The summed E-state index contributed by atoms with van der Waals surface area (Å²) in [7, 11) is 0. The predicted molar refractivity (Wildman–Crippen MR) is 72.6 cm³/mol. The summed E-state index contributed by atoms with van der Waals surface area (Å²) >= 11 is 0. The molecule has 3 rings (SSSR count). The molecule has 21 heavy (non-hydrogen) atoms. The number of hydrogen-bond donors (Lipinski definition) is 1. The first-order valence-corrected chi connectivity index (χ1v) is 6.73. The lowest BCUT2D eigenvalue weighted by molar-refractivity contribution is -0.142. The van der Waals surface area contributed by atoms with Gasteiger partial charge in [-0.25, -0.2) is 9.97 Å². The fourth-order valence-electron chi connectivity index (χ4n) is 2.47. The van der Waals surface area contributed by atoms with Gasteiger partial charge in [-0.05, 0) is 19.8 Å². The lowest BCUT2D eigenvalue weighted by atomic mass is 9.97. The third kappa shape index (κ3) is 2.69. The minimum absolute atomic E-state index is 0.280. The minimum atomic E-state index is -0.731. The number of anilines is 1. The normalized spacial score (nSPS) is 16.1. The van der Waals surface area contributed by atoms with E-state index in [1.807, 2.05) is 4.90 Å². The number of hydrogen-bond acceptors (Lipinski definition) is 7. The van der Waals surface area contributed by atoms with E-state index < -0.39 is 5.97 Å². The fraction of sp³-hybridized carbons (Fsp3) is 0.462. The summed E-state index contributed by atoms with van der Waals surface area (Å²) in [5, 5.41) is 12.8. The molecule has 8 nitrogen and oxygen atoms in total. The number of rotatable bonds is 3. The van der Waals surface area contributed by atoms with Crippen LogP contribution in [-0.4, -0.2) is 44.3 Å². The van der Waals surface area contributed by atoms with Crippen molar-refractivity contribution in [2.75, 3.05) is 18.0 Å². The molecule has 1 N–H and O–H groups in total. The maximum Gasteiger partial charge on any atom is 0.306 e. The predicted octanol–water partition coefficient (Wildman–Crippen LogP) is 1.14. The topological polar surface area (TPSA) is 105 Å². The van der Waals surface area contributed by atoms with E-state index in [1.165, 1.54) is 6.33 Å². The molecule has 0 atom stereocenters. The molecule has 1 saturated heterocycles. The van der Waals surface area contributed by atoms with Crippen LogP contribution < -0.4 is 4.90 Å². The van der Waals surface area contributed by atoms with E-state index >= 15 is 0 Å². The molecule has 0 aliphatic carbocycles. The molecule has 0 amide bonds. The fourth-order valence-corrected chi connectivity index (χ4v) is 2.47. The highest BCUT2D eigenvalue weighted by Crippen LogP contribution is 2.29. The summed E-state index contributed by atoms with van der Waals surface area (Å²) in [4.78, 5) is 25.6. The third-order valence-corrected chi connectivity index (χ3v) is 3.59. The van der Waals surface area contributed by atoms with Gasteiger partial charge in [-0.15, -0.1) is 0 Å². The summed E-state index contributed by atoms with van der Waals surface area (Å²) in [5.41, 5.74) is 0.673. The Morgan fingerprint density at radius 1 is 1.43 bits per heavy atom. The van der Waals surface area contributed by atoms with Gasteiger partial charge < -0.3 is 14.5 Å². The van der Waals surface area contributed by atoms with Gasteiger partial charge in [0.15, 0.2) is 5.82 Å². The monoisotopic (exact) mass is 289 g/mol. The SMILES string of the molecule is Cc1noc(-c2cncnc2N2CCC(C(=O)O)CC2)n1. The van der Waals surface area contributed by atoms with Crippen LogP contribution in [0.5, 0.6) is 0 Å². The zero-order valence-electron chi connectivity index (χ0n) is 11.6. The molecule has 0 bridgehead atoms. The van der Waals surface area contributed by atoms with Gasteiger partial charge in [0, 0.05) is 19.3 Å². The van der Waals surface area contributed by atoms with Gasteiger partial charge >= 0.3 is 5.97 Å². The second kappa shape index (κ2) is 5.47. The summed E-state index contributed by atoms with van der Waals surface area (Å²) in [6.07, 6.45) is 4.30. The van der Waals surface area contributed by atoms with Crippen molar-refractivity contribution in [3.63, 3.8) is 0 Å². The van der Waals surface area contributed by atoms with Gasteiger partial charge in [0.2, 0.25) is 0 Å². The lowest BCUT2D eigenvalue weighted by Gasteiger charge is -2.31. The van der Waals surface area contributed by atoms with Gasteiger partial charge in [0.25, 0.3) is 5.89 Å². The molecule has 8 heteroatoms. The van der Waals surface area contributed by atoms with E-state index in [0.717, 1.165) is 0 Å². The van der Waals surface area contributed by atoms with E-state index in [2.05, 4.69) is 20.1 Å². The van der Waals surface area contributed by atoms with Crippen molar-refractivity contribution in [2.24, 2.45) is 5.92 Å². The van der Waals surface area contributed by atoms with Crippen LogP contribution in [0.1, 0.15) is 18.7 Å². The second-order valence-corrected chi connectivity index (χ2v) is 5.01. The number of aromatic nitrogens is 4. The molecule has 0 spiro atoms. The average Bonchev–Trinajstić information content (AvgIpc) is 2.94. The van der Waals surface area contributed by atoms with Crippen molar-refractivity contribution < 1.29 is 14.4 Å². The van der Waals surface area contributed by atoms with Gasteiger partial charge in [0.1, 0.15) is 17.7 Å². The number of nitrogens with zero attached hydrogens (tertiary/aromatic N) is 5. The summed E-state index contributed by atoms with van der Waals surface area (Å²) < 4.78 is 5.18. The van der Waals surface area contributed by atoms with Crippen LogP contribution >= 0.6 is 0 Å². The minimum Gasteiger partial charge on any atom is -0.481 e. The standard InChI is InChI=1S/C13H15N5O3/c1-8-16-12(21-17-8)10-6-14-7-15-11(10)18-4-2-9(3-5-18)13(19)20/h6-7,9H,2-5H2,1H3,(H,19,20). The molecule has 2 aromatic rings. The summed E-state index contributed by atoms with van der Waals surface area (Å²) in [6.45, 7) is 3.01. The lowest BCUT2D eigenvalue weighted by Crippen LogP contribution is -2.37. The van der Waals surface area contributed by atoms with Gasteiger partial charge in [-0.2, -0.15) is 4.98 Å². The molecule has 2 aromatic heterocycles. The van der Waals surface area contributed by atoms with Crippen LogP contribution in [0.2, 0.25) is 0 Å². The van der Waals surface area contributed by atoms with Crippen molar-refractivity contribution in [3.05, 3.63) is 18.3 Å². The molecule has 3 heterocycles. The first kappa shape index (κ1) is 13.5. The second-order valence-electron chi connectivity index (χ2n) is 5.01. The van der Waals surface area contributed by atoms with Crippen molar-refractivity contribution in [2.45, 2.75) is 19.8 Å². The van der Waals surface area contributed by atoms with Crippen molar-refractivity contribution >= 4 is 11.8 Å². The molecule has 0 aromatic carbocycles. The van der Waals surface area contributed by atoms with Crippen LogP contribution in [0, 0.1) is 12.8 Å². The van der Waals surface area contributed by atoms with E-state index in [0.29, 0.717) is 49.0 Å². The Labute approximate surface area is 120 Å². The highest BCUT2D eigenvalue weighted by Gasteiger charge is 2.27. The molecule has 1 aliphatic heterocycles. The van der Waals surface area contributed by atoms with E-state index in [1.54, 1.807) is 13.1 Å². The maximum absolute atomic E-state index is 11.0. The summed E-state index contributed by atoms with van der Waals surface area (Å²) in [6, 6.07) is 0. The molecule has 0 unspecified atom stereocenters. The number of aliphatic carboxylic acids is 1. The Bertz CT molecular complexity index is 649. The van der Waals surface area contributed by atoms with E-state index in [4.69, 9.17) is 9.63 Å². The van der Waals surface area contributed by atoms with E-state index in [-0.39, 0.29) is 5.92 Å². The van der Waals surface area contributed by atoms with Crippen LogP contribution in [0.3, 0.4) is 0 Å². The van der Waals surface area contributed by atoms with Crippen LogP contribution in [0.15, 0.2) is 17.0 Å². The Hall–Kier alpha value is -2.51. The molecule has 110 valence electrons. The maximum atomic E-state index is 11.0. The summed E-state index contributed by atoms with van der Waals surface area (Å²) in [5.74, 6) is 0.618. The highest BCUT2D eigenvalue weighted by atomic mass is 16.5. The number of aryl methyl sites for hydroxylation is 1. The molecule has 0 saturated carbocycles. The van der Waals surface area contributed by atoms with Gasteiger partial charge in [-0.3, -0.25) is 4.79 Å². The number of piperidine rings is 1. The Morgan fingerprint density at radius 2 is 2.19 bits per heavy atom. The Balaban J connectivity index is 1.85. The van der Waals surface area contributed by atoms with E-state index in [9.17, 15) is 4.79 Å². The van der Waals surface area contributed by atoms with Gasteiger partial charge in [-0.1, -0.05) is 5.16 Å². The van der Waals surface area contributed by atoms with Crippen LogP contribution in [-0.2, 0) is 4.79 Å². The molecular weight excluding hydrogens is 274 g/mol. The molecular formula is C13H15N5O3. The molecule has 1 aliphatic rings. The first-order valence-electron chi connectivity index (χ1n) is 6.73. The average molecular weight is 289 g/mol. The first-order chi connectivity index (χ1) is 10.1. The third-order valence-electron chi connectivity index (χ3n) is 3.59. The number of carbonyl (C=O) groups is 1. The van der Waals surface area contributed by atoms with Crippen LogP contribution in [0.25, 0.3) is 11.5 Å². The smallest absolute Gasteiger partial charge is 0.306 e. The number of carboxylic acids is 1. The van der Waals surface area contributed by atoms with Crippen molar-refractivity contribution in [3.8, 4) is 11.5 Å². The van der Waals surface area contributed by atoms with Crippen molar-refractivity contribution in [1.82, 2.24) is 20.1 Å². The largest absolute Gasteiger partial charge is 0.481 e. The zero-order chi connectivity index (χ0) is 14.8. The molecule has 1 fully saturated rings. The molecule has 0 radical (unpaired) electrons.